The van der Waals surface area contributed by atoms with Crippen molar-refractivity contribution in [3.63, 3.8) is 0 Å². The van der Waals surface area contributed by atoms with Crippen LogP contribution in [0.3, 0.4) is 0 Å². The second-order valence-electron chi connectivity index (χ2n) is 4.54. The van der Waals surface area contributed by atoms with Gasteiger partial charge in [0.25, 0.3) is 5.69 Å². The molecule has 1 aromatic heterocycles. The molecule has 3 rings (SSSR count). The third kappa shape index (κ3) is 2.78. The number of ether oxygens (including phenoxy) is 1. The molecule has 0 aliphatic rings. The summed E-state index contributed by atoms with van der Waals surface area (Å²) < 4.78 is 5.09. The zero-order chi connectivity index (χ0) is 15.5. The van der Waals surface area contributed by atoms with E-state index in [1.54, 1.807) is 19.4 Å². The van der Waals surface area contributed by atoms with Gasteiger partial charge in [-0.05, 0) is 29.8 Å². The highest BCUT2D eigenvalue weighted by molar-refractivity contribution is 5.77. The molecule has 7 heteroatoms. The minimum Gasteiger partial charge on any atom is -0.497 e. The van der Waals surface area contributed by atoms with E-state index in [2.05, 4.69) is 10.2 Å². The monoisotopic (exact) mass is 296 g/mol. The first-order valence-corrected chi connectivity index (χ1v) is 6.49. The molecule has 3 aromatic rings. The lowest BCUT2D eigenvalue weighted by Gasteiger charge is -1.98. The highest BCUT2D eigenvalue weighted by atomic mass is 16.6. The van der Waals surface area contributed by atoms with Crippen molar-refractivity contribution in [3.8, 4) is 5.75 Å². The van der Waals surface area contributed by atoms with Crippen molar-refractivity contribution in [3.05, 3.63) is 58.1 Å². The van der Waals surface area contributed by atoms with Gasteiger partial charge in [0.1, 0.15) is 16.8 Å². The molecule has 7 nitrogen and oxygen atoms in total. The fourth-order valence-electron chi connectivity index (χ4n) is 1.97. The van der Waals surface area contributed by atoms with Crippen molar-refractivity contribution in [2.75, 3.05) is 7.11 Å². The normalized spacial score (nSPS) is 11.1. The van der Waals surface area contributed by atoms with Gasteiger partial charge in [0.05, 0.1) is 18.2 Å². The van der Waals surface area contributed by atoms with Gasteiger partial charge in [-0.1, -0.05) is 12.1 Å². The van der Waals surface area contributed by atoms with Gasteiger partial charge in [-0.25, -0.2) is 0 Å². The van der Waals surface area contributed by atoms with Crippen molar-refractivity contribution in [1.29, 1.82) is 0 Å². The summed E-state index contributed by atoms with van der Waals surface area (Å²) in [6, 6.07) is 11.9. The van der Waals surface area contributed by atoms with Gasteiger partial charge in [-0.3, -0.25) is 10.1 Å². The molecule has 0 aliphatic carbocycles. The quantitative estimate of drug-likeness (QED) is 0.546. The van der Waals surface area contributed by atoms with Crippen LogP contribution in [0.4, 0.5) is 5.69 Å². The first kappa shape index (κ1) is 13.7. The third-order valence-corrected chi connectivity index (χ3v) is 3.11. The molecule has 0 atom stereocenters. The highest BCUT2D eigenvalue weighted by Gasteiger charge is 2.09. The summed E-state index contributed by atoms with van der Waals surface area (Å²) in [7, 11) is 1.61. The first-order valence-electron chi connectivity index (χ1n) is 6.49. The minimum absolute atomic E-state index is 0.00122. The molecule has 0 N–H and O–H groups in total. The molecule has 0 aliphatic heterocycles. The van der Waals surface area contributed by atoms with Crippen LogP contribution < -0.4 is 4.74 Å². The predicted molar refractivity (Wildman–Crippen MR) is 82.4 cm³/mol. The largest absolute Gasteiger partial charge is 0.497 e. The molecular formula is C15H12N4O3. The first-order chi connectivity index (χ1) is 10.7. The van der Waals surface area contributed by atoms with Crippen LogP contribution >= 0.6 is 0 Å². The number of nitrogens with zero attached hydrogens (tertiary/aromatic N) is 4. The number of nitro groups is 1. The van der Waals surface area contributed by atoms with Crippen molar-refractivity contribution < 1.29 is 9.66 Å². The van der Waals surface area contributed by atoms with E-state index >= 15 is 0 Å². The number of rotatable bonds is 4. The molecule has 22 heavy (non-hydrogen) atoms. The lowest BCUT2D eigenvalue weighted by molar-refractivity contribution is -0.384. The Hall–Kier alpha value is -3.22. The number of hydrogen-bond acceptors (Lipinski definition) is 5. The van der Waals surface area contributed by atoms with E-state index in [0.29, 0.717) is 11.0 Å². The summed E-state index contributed by atoms with van der Waals surface area (Å²) in [5, 5.41) is 19.2. The number of methoxy groups -OCH3 is 1. The zero-order valence-corrected chi connectivity index (χ0v) is 11.7. The number of fused-ring (bicyclic) bond motifs is 1. The average Bonchev–Trinajstić information content (AvgIpc) is 2.95. The Bertz CT molecular complexity index is 853. The Balaban J connectivity index is 1.86. The van der Waals surface area contributed by atoms with Gasteiger partial charge in [-0.15, -0.1) is 10.2 Å². The van der Waals surface area contributed by atoms with Crippen LogP contribution in [0, 0.1) is 10.1 Å². The predicted octanol–water partition coefficient (Wildman–Crippen LogP) is 2.98. The summed E-state index contributed by atoms with van der Waals surface area (Å²) in [4.78, 5) is 11.7. The molecule has 0 saturated heterocycles. The molecule has 2 aromatic carbocycles. The van der Waals surface area contributed by atoms with Crippen LogP contribution in [-0.2, 0) is 0 Å². The maximum atomic E-state index is 10.7. The van der Waals surface area contributed by atoms with Gasteiger partial charge in [0, 0.05) is 12.1 Å². The molecule has 0 saturated carbocycles. The van der Waals surface area contributed by atoms with E-state index in [4.69, 9.17) is 4.74 Å². The van der Waals surface area contributed by atoms with Gasteiger partial charge in [0.15, 0.2) is 0 Å². The molecule has 0 unspecified atom stereocenters. The lowest BCUT2D eigenvalue weighted by Crippen LogP contribution is -1.90. The molecule has 1 heterocycles. The van der Waals surface area contributed by atoms with Gasteiger partial charge < -0.3 is 4.74 Å². The summed E-state index contributed by atoms with van der Waals surface area (Å²) in [5.74, 6) is 0.785. The fraction of sp³-hybridized carbons (Fsp3) is 0.0667. The highest BCUT2D eigenvalue weighted by Crippen LogP contribution is 2.18. The molecule has 0 fully saturated rings. The summed E-state index contributed by atoms with van der Waals surface area (Å²) in [6.45, 7) is 0. The van der Waals surface area contributed by atoms with Crippen LogP contribution in [0.15, 0.2) is 42.5 Å². The Morgan fingerprint density at radius 2 is 1.86 bits per heavy atom. The van der Waals surface area contributed by atoms with E-state index in [0.717, 1.165) is 11.3 Å². The second-order valence-corrected chi connectivity index (χ2v) is 4.54. The number of hydrogen-bond donors (Lipinski definition) is 0. The smallest absolute Gasteiger partial charge is 0.271 e. The van der Waals surface area contributed by atoms with Gasteiger partial charge in [0.2, 0.25) is 0 Å². The maximum Gasteiger partial charge on any atom is 0.271 e. The zero-order valence-electron chi connectivity index (χ0n) is 11.7. The van der Waals surface area contributed by atoms with Crippen molar-refractivity contribution in [1.82, 2.24) is 15.0 Å². The Labute approximate surface area is 125 Å². The van der Waals surface area contributed by atoms with Crippen LogP contribution in [0.25, 0.3) is 23.3 Å². The Kier molecular flexibility index (Phi) is 3.53. The van der Waals surface area contributed by atoms with Crippen LogP contribution in [0.5, 0.6) is 5.75 Å². The summed E-state index contributed by atoms with van der Waals surface area (Å²) in [5.41, 5.74) is 2.05. The molecule has 0 bridgehead atoms. The van der Waals surface area contributed by atoms with Crippen molar-refractivity contribution in [2.24, 2.45) is 0 Å². The minimum atomic E-state index is -0.453. The molecule has 0 radical (unpaired) electrons. The standard InChI is InChI=1S/C15H12N4O3/c1-22-13-5-2-11(3-6-13)8-9-18-16-14-7-4-12(19(20)21)10-15(14)17-18/h2-10H,1H3. The van der Waals surface area contributed by atoms with E-state index in [1.165, 1.54) is 16.9 Å². The number of aromatic nitrogens is 3. The van der Waals surface area contributed by atoms with E-state index < -0.39 is 4.92 Å². The Morgan fingerprint density at radius 3 is 2.55 bits per heavy atom. The van der Waals surface area contributed by atoms with E-state index in [1.807, 2.05) is 30.3 Å². The average molecular weight is 296 g/mol. The summed E-state index contributed by atoms with van der Waals surface area (Å²) >= 11 is 0. The van der Waals surface area contributed by atoms with Gasteiger partial charge >= 0.3 is 0 Å². The molecular weight excluding hydrogens is 284 g/mol. The van der Waals surface area contributed by atoms with Gasteiger partial charge in [-0.2, -0.15) is 4.80 Å². The Morgan fingerprint density at radius 1 is 1.14 bits per heavy atom. The second kappa shape index (κ2) is 5.65. The number of nitro benzene ring substituents is 1. The van der Waals surface area contributed by atoms with Crippen molar-refractivity contribution >= 4 is 29.0 Å². The summed E-state index contributed by atoms with van der Waals surface area (Å²) in [6.07, 6.45) is 3.53. The van der Waals surface area contributed by atoms with Crippen LogP contribution in [0.1, 0.15) is 5.56 Å². The van der Waals surface area contributed by atoms with Crippen molar-refractivity contribution in [2.45, 2.75) is 0 Å². The maximum absolute atomic E-state index is 10.7. The number of benzene rings is 2. The fourth-order valence-corrected chi connectivity index (χ4v) is 1.97. The van der Waals surface area contributed by atoms with Crippen LogP contribution in [0.2, 0.25) is 0 Å². The van der Waals surface area contributed by atoms with E-state index in [-0.39, 0.29) is 5.69 Å². The molecule has 0 spiro atoms. The number of non-ortho nitro benzene ring substituents is 1. The lowest BCUT2D eigenvalue weighted by atomic mass is 10.2. The topological polar surface area (TPSA) is 83.1 Å². The third-order valence-electron chi connectivity index (χ3n) is 3.11. The molecule has 0 amide bonds. The van der Waals surface area contributed by atoms with Crippen LogP contribution in [-0.4, -0.2) is 27.0 Å². The SMILES string of the molecule is COc1ccc(C=Cn2nc3ccc([N+](=O)[O-])cc3n2)cc1. The molecule has 110 valence electrons. The van der Waals surface area contributed by atoms with E-state index in [9.17, 15) is 10.1 Å².